The van der Waals surface area contributed by atoms with E-state index in [2.05, 4.69) is 0 Å². The molecule has 0 aromatic heterocycles. The summed E-state index contributed by atoms with van der Waals surface area (Å²) in [5.41, 5.74) is 7.04. The van der Waals surface area contributed by atoms with Crippen LogP contribution in [0.25, 0.3) is 12.2 Å². The number of aromatic hydroxyl groups is 1. The Morgan fingerprint density at radius 1 is 1.04 bits per heavy atom. The van der Waals surface area contributed by atoms with E-state index in [1.165, 1.54) is 12.2 Å². The van der Waals surface area contributed by atoms with E-state index in [1.54, 1.807) is 30.4 Å². The van der Waals surface area contributed by atoms with Gasteiger partial charge in [0.25, 0.3) is 0 Å². The van der Waals surface area contributed by atoms with Crippen LogP contribution < -0.4 is 10.5 Å². The molecule has 4 heteroatoms. The summed E-state index contributed by atoms with van der Waals surface area (Å²) in [6.45, 7) is 0.914. The van der Waals surface area contributed by atoms with Gasteiger partial charge in [-0.2, -0.15) is 0 Å². The van der Waals surface area contributed by atoms with Gasteiger partial charge >= 0.3 is 0 Å². The van der Waals surface area contributed by atoms with E-state index in [4.69, 9.17) is 10.5 Å². The number of phenolic OH excluding ortho intramolecular Hbond substituents is 1. The molecule has 118 valence electrons. The lowest BCUT2D eigenvalue weighted by atomic mass is 10.1. The molecule has 0 saturated carbocycles. The SMILES string of the molecule is NCCOc1cccc(/C=C/C(=O)/C=C/c2cccc(O)c2)c1. The molecular formula is C19H19NO3. The zero-order chi connectivity index (χ0) is 16.5. The van der Waals surface area contributed by atoms with Crippen LogP contribution in [-0.2, 0) is 4.79 Å². The molecule has 0 aliphatic rings. The van der Waals surface area contributed by atoms with Crippen LogP contribution in [0.1, 0.15) is 11.1 Å². The molecule has 2 aromatic rings. The minimum Gasteiger partial charge on any atom is -0.508 e. The molecule has 0 spiro atoms. The largest absolute Gasteiger partial charge is 0.508 e. The Morgan fingerprint density at radius 2 is 1.70 bits per heavy atom. The van der Waals surface area contributed by atoms with Gasteiger partial charge in [-0.05, 0) is 47.5 Å². The molecule has 0 aliphatic heterocycles. The molecule has 0 fully saturated rings. The fourth-order valence-corrected chi connectivity index (χ4v) is 1.93. The summed E-state index contributed by atoms with van der Waals surface area (Å²) < 4.78 is 5.44. The summed E-state index contributed by atoms with van der Waals surface area (Å²) in [5, 5.41) is 9.37. The highest BCUT2D eigenvalue weighted by molar-refractivity contribution is 6.04. The third-order valence-electron chi connectivity index (χ3n) is 2.99. The number of carbonyl (C=O) groups is 1. The fraction of sp³-hybridized carbons (Fsp3) is 0.105. The first kappa shape index (κ1) is 16.5. The monoisotopic (exact) mass is 309 g/mol. The van der Waals surface area contributed by atoms with E-state index in [1.807, 2.05) is 30.3 Å². The fourth-order valence-electron chi connectivity index (χ4n) is 1.93. The van der Waals surface area contributed by atoms with Gasteiger partial charge in [-0.1, -0.05) is 36.4 Å². The first-order valence-electron chi connectivity index (χ1n) is 7.29. The number of allylic oxidation sites excluding steroid dienone is 2. The summed E-state index contributed by atoms with van der Waals surface area (Å²) in [7, 11) is 0. The third-order valence-corrected chi connectivity index (χ3v) is 2.99. The second kappa shape index (κ2) is 8.56. The van der Waals surface area contributed by atoms with Gasteiger partial charge < -0.3 is 15.6 Å². The molecule has 4 nitrogen and oxygen atoms in total. The van der Waals surface area contributed by atoms with Crippen LogP contribution in [0.4, 0.5) is 0 Å². The predicted octanol–water partition coefficient (Wildman–Crippen LogP) is 3.03. The van der Waals surface area contributed by atoms with Crippen LogP contribution in [0.2, 0.25) is 0 Å². The lowest BCUT2D eigenvalue weighted by molar-refractivity contribution is -0.110. The summed E-state index contributed by atoms with van der Waals surface area (Å²) in [6.07, 6.45) is 6.33. The normalized spacial score (nSPS) is 11.2. The van der Waals surface area contributed by atoms with Crippen molar-refractivity contribution in [1.82, 2.24) is 0 Å². The number of hydrogen-bond donors (Lipinski definition) is 2. The van der Waals surface area contributed by atoms with Crippen molar-refractivity contribution in [2.24, 2.45) is 5.73 Å². The first-order chi connectivity index (χ1) is 11.2. The van der Waals surface area contributed by atoms with Crippen LogP contribution >= 0.6 is 0 Å². The average molecular weight is 309 g/mol. The zero-order valence-electron chi connectivity index (χ0n) is 12.7. The van der Waals surface area contributed by atoms with Crippen molar-refractivity contribution in [2.75, 3.05) is 13.2 Å². The van der Waals surface area contributed by atoms with Crippen molar-refractivity contribution in [3.63, 3.8) is 0 Å². The van der Waals surface area contributed by atoms with E-state index in [0.717, 1.165) is 16.9 Å². The molecule has 0 unspecified atom stereocenters. The summed E-state index contributed by atoms with van der Waals surface area (Å²) in [5.74, 6) is 0.756. The highest BCUT2D eigenvalue weighted by Crippen LogP contribution is 2.15. The van der Waals surface area contributed by atoms with Gasteiger partial charge in [-0.15, -0.1) is 0 Å². The number of hydrogen-bond acceptors (Lipinski definition) is 4. The molecule has 2 aromatic carbocycles. The number of ether oxygens (including phenoxy) is 1. The van der Waals surface area contributed by atoms with E-state index in [-0.39, 0.29) is 11.5 Å². The van der Waals surface area contributed by atoms with Gasteiger partial charge in [-0.3, -0.25) is 4.79 Å². The standard InChI is InChI=1S/C19H19NO3/c20-11-12-23-19-6-2-4-16(14-19)8-10-17(21)9-7-15-3-1-5-18(22)13-15/h1-10,13-14,22H,11-12,20H2/b9-7+,10-8+. The maximum absolute atomic E-state index is 11.8. The summed E-state index contributed by atoms with van der Waals surface area (Å²) in [4.78, 5) is 11.8. The van der Waals surface area contributed by atoms with Gasteiger partial charge in [0.05, 0.1) is 0 Å². The topological polar surface area (TPSA) is 72.5 Å². The van der Waals surface area contributed by atoms with Crippen molar-refractivity contribution in [1.29, 1.82) is 0 Å². The third kappa shape index (κ3) is 5.80. The van der Waals surface area contributed by atoms with Crippen LogP contribution in [0.3, 0.4) is 0 Å². The Bertz CT molecular complexity index is 720. The van der Waals surface area contributed by atoms with Crippen LogP contribution in [0, 0.1) is 0 Å². The summed E-state index contributed by atoms with van der Waals surface area (Å²) >= 11 is 0. The van der Waals surface area contributed by atoms with E-state index in [0.29, 0.717) is 13.2 Å². The second-order valence-electron chi connectivity index (χ2n) is 4.87. The van der Waals surface area contributed by atoms with Gasteiger partial charge in [0, 0.05) is 6.54 Å². The molecule has 2 rings (SSSR count). The Kier molecular flexibility index (Phi) is 6.15. The molecular weight excluding hydrogens is 290 g/mol. The van der Waals surface area contributed by atoms with Crippen LogP contribution in [0.5, 0.6) is 11.5 Å². The molecule has 0 atom stereocenters. The quantitative estimate of drug-likeness (QED) is 0.771. The van der Waals surface area contributed by atoms with Crippen LogP contribution in [0.15, 0.2) is 60.7 Å². The van der Waals surface area contributed by atoms with Crippen LogP contribution in [-0.4, -0.2) is 24.0 Å². The number of nitrogens with two attached hydrogens (primary N) is 1. The van der Waals surface area contributed by atoms with E-state index < -0.39 is 0 Å². The number of phenols is 1. The predicted molar refractivity (Wildman–Crippen MR) is 92.2 cm³/mol. The Hall–Kier alpha value is -2.85. The first-order valence-corrected chi connectivity index (χ1v) is 7.29. The lowest BCUT2D eigenvalue weighted by Crippen LogP contribution is -2.10. The number of ketones is 1. The van der Waals surface area contributed by atoms with Crippen molar-refractivity contribution in [3.05, 3.63) is 71.8 Å². The van der Waals surface area contributed by atoms with Crippen molar-refractivity contribution >= 4 is 17.9 Å². The van der Waals surface area contributed by atoms with Gasteiger partial charge in [0.1, 0.15) is 18.1 Å². The van der Waals surface area contributed by atoms with Gasteiger partial charge in [0.2, 0.25) is 0 Å². The number of rotatable bonds is 7. The Labute approximate surface area is 135 Å². The lowest BCUT2D eigenvalue weighted by Gasteiger charge is -2.04. The maximum atomic E-state index is 11.8. The average Bonchev–Trinajstić information content (AvgIpc) is 2.57. The molecule has 3 N–H and O–H groups in total. The maximum Gasteiger partial charge on any atom is 0.178 e. The minimum absolute atomic E-state index is 0.137. The molecule has 0 saturated heterocycles. The molecule has 0 aliphatic carbocycles. The van der Waals surface area contributed by atoms with E-state index >= 15 is 0 Å². The van der Waals surface area contributed by atoms with E-state index in [9.17, 15) is 9.90 Å². The number of carbonyl (C=O) groups excluding carboxylic acids is 1. The molecule has 23 heavy (non-hydrogen) atoms. The highest BCUT2D eigenvalue weighted by Gasteiger charge is 1.96. The molecule has 0 bridgehead atoms. The molecule has 0 radical (unpaired) electrons. The molecule has 0 amide bonds. The summed E-state index contributed by atoms with van der Waals surface area (Å²) in [6, 6.07) is 14.1. The minimum atomic E-state index is -0.137. The van der Waals surface area contributed by atoms with Gasteiger partial charge in [0.15, 0.2) is 5.78 Å². The highest BCUT2D eigenvalue weighted by atomic mass is 16.5. The zero-order valence-corrected chi connectivity index (χ0v) is 12.7. The molecule has 0 heterocycles. The van der Waals surface area contributed by atoms with Crippen molar-refractivity contribution < 1.29 is 14.6 Å². The Morgan fingerprint density at radius 3 is 2.35 bits per heavy atom. The Balaban J connectivity index is 1.98. The smallest absolute Gasteiger partial charge is 0.178 e. The van der Waals surface area contributed by atoms with Crippen molar-refractivity contribution in [3.8, 4) is 11.5 Å². The second-order valence-corrected chi connectivity index (χ2v) is 4.87. The van der Waals surface area contributed by atoms with Gasteiger partial charge in [-0.25, -0.2) is 0 Å². The number of benzene rings is 2. The van der Waals surface area contributed by atoms with Crippen molar-refractivity contribution in [2.45, 2.75) is 0 Å².